The molecule has 303 valence electrons. The number of hydrogen-bond acceptors (Lipinski definition) is 4. The number of aromatic nitrogens is 4. The molecule has 2 atom stereocenters. The third-order valence-electron chi connectivity index (χ3n) is 7.07. The number of aliphatic imine (C=N–C) groups is 2. The van der Waals surface area contributed by atoms with Crippen molar-refractivity contribution in [3.63, 3.8) is 0 Å². The molecule has 53 heavy (non-hydrogen) atoms. The normalized spacial score (nSPS) is 19.1. The van der Waals surface area contributed by atoms with Gasteiger partial charge in [-0.25, -0.2) is 18.3 Å². The maximum atomic E-state index is 10.5. The smallest absolute Gasteiger partial charge is 0 e. The van der Waals surface area contributed by atoms with Gasteiger partial charge >= 0.3 is 66.0 Å². The van der Waals surface area contributed by atoms with Crippen LogP contribution in [0, 0.1) is 0 Å². The molecule has 2 unspecified atom stereocenters. The van der Waals surface area contributed by atoms with Crippen molar-refractivity contribution < 1.29 is 86.8 Å². The van der Waals surface area contributed by atoms with Crippen LogP contribution in [0.5, 0.6) is 11.5 Å². The van der Waals surface area contributed by atoms with Crippen molar-refractivity contribution >= 4 is 28.0 Å². The second-order valence-electron chi connectivity index (χ2n) is 12.2. The summed E-state index contributed by atoms with van der Waals surface area (Å²) in [7, 11) is -17.3. The van der Waals surface area contributed by atoms with Crippen molar-refractivity contribution in [1.29, 1.82) is 0 Å². The molecular formula is C30H36CuF12N6O2P2. The van der Waals surface area contributed by atoms with Crippen LogP contribution in [0.3, 0.4) is 0 Å². The van der Waals surface area contributed by atoms with Gasteiger partial charge in [0, 0.05) is 40.6 Å². The first kappa shape index (κ1) is 45.5. The summed E-state index contributed by atoms with van der Waals surface area (Å²) in [5.41, 5.74) is 3.64. The van der Waals surface area contributed by atoms with Gasteiger partial charge in [-0.15, -0.1) is 0 Å². The zero-order valence-electron chi connectivity index (χ0n) is 27.8. The maximum Gasteiger partial charge on any atom is 0 e. The SMILES string of the molecule is C[n+]1ccn(Cc2ccc(O)c(C=NC3CCCCC3N=Cc3cc(Cn4cc[n+](C)c4)ccc3O)c2)c1.F[P-](F)(F)(F)(F)F.F[P-](F)(F)(F)(F)F.[Cu]. The Labute approximate surface area is 306 Å². The molecule has 0 aliphatic heterocycles. The fourth-order valence-corrected chi connectivity index (χ4v) is 5.02. The van der Waals surface area contributed by atoms with Gasteiger partial charge in [0.15, 0.2) is 0 Å². The molecule has 1 saturated carbocycles. The van der Waals surface area contributed by atoms with Gasteiger partial charge in [-0.2, -0.15) is 0 Å². The zero-order valence-corrected chi connectivity index (χ0v) is 30.5. The minimum absolute atomic E-state index is 0. The molecule has 1 radical (unpaired) electrons. The Morgan fingerprint density at radius 3 is 1.25 bits per heavy atom. The molecule has 0 spiro atoms. The number of hydrogen-bond donors (Lipinski definition) is 2. The largest absolute Gasteiger partial charge is 0 e. The van der Waals surface area contributed by atoms with Crippen LogP contribution in [0.15, 0.2) is 83.8 Å². The van der Waals surface area contributed by atoms with Crippen molar-refractivity contribution in [3.05, 3.63) is 96.1 Å². The number of rotatable bonds is 8. The Hall–Kier alpha value is -3.66. The van der Waals surface area contributed by atoms with E-state index in [1.165, 1.54) is 0 Å². The molecule has 5 rings (SSSR count). The van der Waals surface area contributed by atoms with Crippen LogP contribution in [0.25, 0.3) is 0 Å². The molecule has 0 bridgehead atoms. The van der Waals surface area contributed by atoms with Gasteiger partial charge in [-0.1, -0.05) is 25.0 Å². The third kappa shape index (κ3) is 21.6. The van der Waals surface area contributed by atoms with E-state index in [0.717, 1.165) is 61.0 Å². The summed E-state index contributed by atoms with van der Waals surface area (Å²) in [6.07, 6.45) is 19.8. The average molecular weight is 866 g/mol. The van der Waals surface area contributed by atoms with Crippen molar-refractivity contribution in [2.75, 3.05) is 0 Å². The van der Waals surface area contributed by atoms with Gasteiger partial charge in [-0.3, -0.25) is 9.98 Å². The second kappa shape index (κ2) is 15.2. The van der Waals surface area contributed by atoms with Crippen LogP contribution < -0.4 is 9.13 Å². The van der Waals surface area contributed by atoms with Crippen LogP contribution >= 0.6 is 15.6 Å². The Balaban J connectivity index is 0.000000551. The average Bonchev–Trinajstić information content (AvgIpc) is 3.57. The van der Waals surface area contributed by atoms with E-state index in [1.807, 2.05) is 84.9 Å². The van der Waals surface area contributed by atoms with E-state index in [9.17, 15) is 60.6 Å². The van der Waals surface area contributed by atoms with E-state index < -0.39 is 15.6 Å². The Morgan fingerprint density at radius 1 is 0.642 bits per heavy atom. The van der Waals surface area contributed by atoms with Gasteiger partial charge in [0.25, 0.3) is 0 Å². The summed E-state index contributed by atoms with van der Waals surface area (Å²) in [5, 5.41) is 20.9. The maximum absolute atomic E-state index is 10.7. The molecule has 4 aromatic rings. The van der Waals surface area contributed by atoms with Crippen molar-refractivity contribution in [2.45, 2.75) is 50.9 Å². The number of phenols is 2. The van der Waals surface area contributed by atoms with Gasteiger partial charge in [0.2, 0.25) is 12.7 Å². The molecular weight excluding hydrogens is 830 g/mol. The minimum Gasteiger partial charge on any atom is 0 e. The number of benzene rings is 2. The number of aromatic hydroxyl groups is 2. The van der Waals surface area contributed by atoms with Crippen molar-refractivity contribution in [1.82, 2.24) is 9.13 Å². The van der Waals surface area contributed by atoms with Gasteiger partial charge in [-0.05, 0) is 48.2 Å². The summed E-state index contributed by atoms with van der Waals surface area (Å²) < 4.78 is 127. The monoisotopic (exact) mass is 865 g/mol. The molecule has 0 saturated heterocycles. The number of nitrogens with zero attached hydrogens (tertiary/aromatic N) is 6. The standard InChI is InChI=1S/C30H34N6O2.Cu.2F6P/c1-33-11-13-35(21-33)19-23-7-9-29(37)25(15-23)17-31-27-5-3-4-6-28(27)32-18-26-16-24(8-10-30(26)38)20-36-14-12-34(2)22-36;;2*1-7(2,3,4,5)6/h7-18,21-22,27-28H,3-6,19-20H2,1-2H3;;;/q;;2*-1/p+2. The van der Waals surface area contributed by atoms with Gasteiger partial charge < -0.3 is 10.2 Å². The summed E-state index contributed by atoms with van der Waals surface area (Å²) in [6, 6.07) is 11.4. The number of phenolic OH excluding ortho intramolecular Hbond substituents is 2. The molecule has 2 aromatic heterocycles. The quantitative estimate of drug-likeness (QED) is 0.0608. The van der Waals surface area contributed by atoms with E-state index in [-0.39, 0.29) is 40.7 Å². The molecule has 1 aliphatic carbocycles. The molecule has 2 aromatic carbocycles. The first-order chi connectivity index (χ1) is 23.3. The van der Waals surface area contributed by atoms with Crippen molar-refractivity contribution in [3.8, 4) is 11.5 Å². The van der Waals surface area contributed by atoms with Crippen LogP contribution in [-0.2, 0) is 44.3 Å². The molecule has 0 amide bonds. The van der Waals surface area contributed by atoms with E-state index in [4.69, 9.17) is 9.98 Å². The minimum atomic E-state index is -10.7. The molecule has 8 nitrogen and oxygen atoms in total. The predicted octanol–water partition coefficient (Wildman–Crippen LogP) is 10.1. The van der Waals surface area contributed by atoms with E-state index in [2.05, 4.69) is 9.13 Å². The molecule has 23 heteroatoms. The summed E-state index contributed by atoms with van der Waals surface area (Å²) in [5.74, 6) is 0.453. The van der Waals surface area contributed by atoms with E-state index in [0.29, 0.717) is 0 Å². The number of imidazole rings is 2. The number of aryl methyl sites for hydroxylation is 2. The topological polar surface area (TPSA) is 82.8 Å². The van der Waals surface area contributed by atoms with Crippen LogP contribution in [0.1, 0.15) is 47.9 Å². The Morgan fingerprint density at radius 2 is 0.962 bits per heavy atom. The zero-order chi connectivity index (χ0) is 39.3. The van der Waals surface area contributed by atoms with Crippen LogP contribution in [0.4, 0.5) is 50.4 Å². The molecule has 2 N–H and O–H groups in total. The summed E-state index contributed by atoms with van der Waals surface area (Å²) in [6.45, 7) is 1.45. The van der Waals surface area contributed by atoms with Crippen molar-refractivity contribution in [2.24, 2.45) is 24.1 Å². The first-order valence-corrected chi connectivity index (χ1v) is 19.2. The Kier molecular flexibility index (Phi) is 13.1. The fourth-order valence-electron chi connectivity index (χ4n) is 5.02. The van der Waals surface area contributed by atoms with E-state index >= 15 is 0 Å². The van der Waals surface area contributed by atoms with Crippen LogP contribution in [0.2, 0.25) is 0 Å². The van der Waals surface area contributed by atoms with E-state index in [1.54, 1.807) is 24.6 Å². The summed E-state index contributed by atoms with van der Waals surface area (Å²) >= 11 is 0. The fraction of sp³-hybridized carbons (Fsp3) is 0.333. The summed E-state index contributed by atoms with van der Waals surface area (Å²) in [4.78, 5) is 9.76. The van der Waals surface area contributed by atoms with Gasteiger partial charge in [0.05, 0.1) is 26.2 Å². The van der Waals surface area contributed by atoms with Gasteiger partial charge in [0.1, 0.15) is 49.4 Å². The van der Waals surface area contributed by atoms with Crippen LogP contribution in [-0.4, -0.2) is 43.9 Å². The molecule has 1 aliphatic rings. The third-order valence-corrected chi connectivity index (χ3v) is 7.07. The molecule has 2 heterocycles. The first-order valence-electron chi connectivity index (χ1n) is 15.2. The Bertz CT molecular complexity index is 1760. The predicted molar refractivity (Wildman–Crippen MR) is 174 cm³/mol. The second-order valence-corrected chi connectivity index (χ2v) is 16.0. The number of halogens is 12. The molecule has 1 fully saturated rings.